The number of hydrogen-bond donors (Lipinski definition) is 1. The Morgan fingerprint density at radius 2 is 2.18 bits per heavy atom. The van der Waals surface area contributed by atoms with E-state index < -0.39 is 0 Å². The number of nitrogens with one attached hydrogen (secondary N) is 1. The normalized spacial score (nSPS) is 23.5. The lowest BCUT2D eigenvalue weighted by molar-refractivity contribution is 0.168. The fraction of sp³-hybridized carbons (Fsp3) is 0.600. The van der Waals surface area contributed by atoms with Crippen LogP contribution in [0.5, 0.6) is 5.75 Å². The molecule has 1 unspecified atom stereocenters. The molecule has 1 aromatic rings. The first-order chi connectivity index (χ1) is 8.13. The quantitative estimate of drug-likeness (QED) is 0.844. The van der Waals surface area contributed by atoms with Gasteiger partial charge in [-0.1, -0.05) is 26.0 Å². The second-order valence-electron chi connectivity index (χ2n) is 5.58. The zero-order chi connectivity index (χ0) is 12.3. The average Bonchev–Trinajstić information content (AvgIpc) is 2.26. The van der Waals surface area contributed by atoms with E-state index in [0.717, 1.165) is 24.6 Å². The molecular formula is C15H23NO. The summed E-state index contributed by atoms with van der Waals surface area (Å²) in [6.07, 6.45) is 3.66. The van der Waals surface area contributed by atoms with E-state index in [4.69, 9.17) is 4.74 Å². The van der Waals surface area contributed by atoms with Gasteiger partial charge in [0.25, 0.3) is 0 Å². The maximum Gasteiger partial charge on any atom is 0.119 e. The maximum atomic E-state index is 5.28. The summed E-state index contributed by atoms with van der Waals surface area (Å²) >= 11 is 0. The van der Waals surface area contributed by atoms with E-state index in [-0.39, 0.29) is 0 Å². The molecule has 2 nitrogen and oxygen atoms in total. The SMILES string of the molecule is COc1cccc(CC2(CC(C)C)CCN2)c1. The van der Waals surface area contributed by atoms with Crippen LogP contribution in [0.15, 0.2) is 24.3 Å². The highest BCUT2D eigenvalue weighted by Crippen LogP contribution is 2.31. The molecule has 0 saturated carbocycles. The summed E-state index contributed by atoms with van der Waals surface area (Å²) in [4.78, 5) is 0. The molecule has 1 N–H and O–H groups in total. The Labute approximate surface area is 104 Å². The largest absolute Gasteiger partial charge is 0.497 e. The smallest absolute Gasteiger partial charge is 0.119 e. The monoisotopic (exact) mass is 233 g/mol. The van der Waals surface area contributed by atoms with E-state index >= 15 is 0 Å². The summed E-state index contributed by atoms with van der Waals surface area (Å²) in [5.74, 6) is 1.70. The topological polar surface area (TPSA) is 21.3 Å². The van der Waals surface area contributed by atoms with Crippen LogP contribution in [0.3, 0.4) is 0 Å². The van der Waals surface area contributed by atoms with Gasteiger partial charge in [-0.2, -0.15) is 0 Å². The molecule has 0 aliphatic carbocycles. The lowest BCUT2D eigenvalue weighted by Gasteiger charge is -2.45. The third-order valence-corrected chi connectivity index (χ3v) is 3.58. The molecule has 1 saturated heterocycles. The van der Waals surface area contributed by atoms with Crippen molar-refractivity contribution in [3.63, 3.8) is 0 Å². The third kappa shape index (κ3) is 3.01. The Kier molecular flexibility index (Phi) is 3.72. The number of rotatable bonds is 5. The predicted octanol–water partition coefficient (Wildman–Crippen LogP) is 3.02. The van der Waals surface area contributed by atoms with Crippen molar-refractivity contribution in [3.8, 4) is 5.75 Å². The number of ether oxygens (including phenoxy) is 1. The first-order valence-corrected chi connectivity index (χ1v) is 6.51. The Bertz CT molecular complexity index is 369. The van der Waals surface area contributed by atoms with Gasteiger partial charge in [-0.15, -0.1) is 0 Å². The van der Waals surface area contributed by atoms with Gasteiger partial charge in [0.05, 0.1) is 7.11 Å². The molecular weight excluding hydrogens is 210 g/mol. The van der Waals surface area contributed by atoms with Crippen LogP contribution in [0.4, 0.5) is 0 Å². The van der Waals surface area contributed by atoms with Crippen LogP contribution in [0.25, 0.3) is 0 Å². The molecule has 1 aliphatic heterocycles. The molecule has 1 atom stereocenters. The minimum Gasteiger partial charge on any atom is -0.497 e. The van der Waals surface area contributed by atoms with E-state index in [1.54, 1.807) is 7.11 Å². The van der Waals surface area contributed by atoms with Crippen LogP contribution < -0.4 is 10.1 Å². The minimum absolute atomic E-state index is 0.334. The lowest BCUT2D eigenvalue weighted by atomic mass is 9.76. The molecule has 1 fully saturated rings. The van der Waals surface area contributed by atoms with Gasteiger partial charge in [-0.3, -0.25) is 0 Å². The van der Waals surface area contributed by atoms with E-state index in [1.807, 2.05) is 6.07 Å². The summed E-state index contributed by atoms with van der Waals surface area (Å²) in [5.41, 5.74) is 1.71. The fourth-order valence-electron chi connectivity index (χ4n) is 2.83. The third-order valence-electron chi connectivity index (χ3n) is 3.58. The van der Waals surface area contributed by atoms with E-state index in [2.05, 4.69) is 37.4 Å². The molecule has 2 heteroatoms. The highest BCUT2D eigenvalue weighted by atomic mass is 16.5. The van der Waals surface area contributed by atoms with Gasteiger partial charge in [0.2, 0.25) is 0 Å². The van der Waals surface area contributed by atoms with Crippen LogP contribution in [0.2, 0.25) is 0 Å². The standard InChI is InChI=1S/C15H23NO/c1-12(2)10-15(7-8-16-15)11-13-5-4-6-14(9-13)17-3/h4-6,9,12,16H,7-8,10-11H2,1-3H3. The summed E-state index contributed by atoms with van der Waals surface area (Å²) in [7, 11) is 1.73. The van der Waals surface area contributed by atoms with Crippen molar-refractivity contribution in [2.45, 2.75) is 38.6 Å². The maximum absolute atomic E-state index is 5.28. The molecule has 0 spiro atoms. The minimum atomic E-state index is 0.334. The van der Waals surface area contributed by atoms with Crippen LogP contribution in [0.1, 0.15) is 32.3 Å². The number of methoxy groups -OCH3 is 1. The molecule has 0 radical (unpaired) electrons. The van der Waals surface area contributed by atoms with Gasteiger partial charge in [0, 0.05) is 5.54 Å². The van der Waals surface area contributed by atoms with Crippen molar-refractivity contribution >= 4 is 0 Å². The van der Waals surface area contributed by atoms with Crippen LogP contribution in [-0.4, -0.2) is 19.2 Å². The molecule has 2 rings (SSSR count). The summed E-state index contributed by atoms with van der Waals surface area (Å²) < 4.78 is 5.28. The van der Waals surface area contributed by atoms with Gasteiger partial charge < -0.3 is 10.1 Å². The highest BCUT2D eigenvalue weighted by molar-refractivity contribution is 5.30. The number of hydrogen-bond acceptors (Lipinski definition) is 2. The Morgan fingerprint density at radius 1 is 1.41 bits per heavy atom. The fourth-order valence-corrected chi connectivity index (χ4v) is 2.83. The van der Waals surface area contributed by atoms with Crippen molar-refractivity contribution in [3.05, 3.63) is 29.8 Å². The molecule has 0 bridgehead atoms. The van der Waals surface area contributed by atoms with Crippen molar-refractivity contribution < 1.29 is 4.74 Å². The summed E-state index contributed by atoms with van der Waals surface area (Å²) in [5, 5.41) is 3.64. The second kappa shape index (κ2) is 5.09. The first-order valence-electron chi connectivity index (χ1n) is 6.51. The van der Waals surface area contributed by atoms with Crippen molar-refractivity contribution in [2.75, 3.05) is 13.7 Å². The van der Waals surface area contributed by atoms with Crippen molar-refractivity contribution in [2.24, 2.45) is 5.92 Å². The van der Waals surface area contributed by atoms with Crippen LogP contribution in [-0.2, 0) is 6.42 Å². The molecule has 17 heavy (non-hydrogen) atoms. The number of benzene rings is 1. The molecule has 0 aromatic heterocycles. The Balaban J connectivity index is 2.07. The zero-order valence-electron chi connectivity index (χ0n) is 11.1. The van der Waals surface area contributed by atoms with E-state index in [0.29, 0.717) is 5.54 Å². The lowest BCUT2D eigenvalue weighted by Crippen LogP contribution is -2.59. The van der Waals surface area contributed by atoms with E-state index in [9.17, 15) is 0 Å². The molecule has 1 heterocycles. The van der Waals surface area contributed by atoms with Crippen LogP contribution >= 0.6 is 0 Å². The molecule has 1 aromatic carbocycles. The van der Waals surface area contributed by atoms with Gasteiger partial charge in [0.15, 0.2) is 0 Å². The molecule has 0 amide bonds. The van der Waals surface area contributed by atoms with E-state index in [1.165, 1.54) is 18.4 Å². The summed E-state index contributed by atoms with van der Waals surface area (Å²) in [6, 6.07) is 8.44. The van der Waals surface area contributed by atoms with Crippen molar-refractivity contribution in [1.82, 2.24) is 5.32 Å². The van der Waals surface area contributed by atoms with Gasteiger partial charge in [-0.05, 0) is 49.4 Å². The molecule has 94 valence electrons. The van der Waals surface area contributed by atoms with Gasteiger partial charge >= 0.3 is 0 Å². The van der Waals surface area contributed by atoms with Crippen molar-refractivity contribution in [1.29, 1.82) is 0 Å². The zero-order valence-corrected chi connectivity index (χ0v) is 11.1. The molecule has 1 aliphatic rings. The first kappa shape index (κ1) is 12.4. The Morgan fingerprint density at radius 3 is 2.71 bits per heavy atom. The Hall–Kier alpha value is -1.02. The van der Waals surface area contributed by atoms with Gasteiger partial charge in [0.1, 0.15) is 5.75 Å². The second-order valence-corrected chi connectivity index (χ2v) is 5.58. The predicted molar refractivity (Wildman–Crippen MR) is 71.5 cm³/mol. The van der Waals surface area contributed by atoms with Crippen LogP contribution in [0, 0.1) is 5.92 Å². The summed E-state index contributed by atoms with van der Waals surface area (Å²) in [6.45, 7) is 5.76. The average molecular weight is 233 g/mol. The van der Waals surface area contributed by atoms with Gasteiger partial charge in [-0.25, -0.2) is 0 Å². The highest BCUT2D eigenvalue weighted by Gasteiger charge is 2.36.